The number of rotatable bonds is 9. The first kappa shape index (κ1) is 22.4. The van der Waals surface area contributed by atoms with E-state index in [2.05, 4.69) is 15.2 Å². The van der Waals surface area contributed by atoms with Gasteiger partial charge in [0.2, 0.25) is 0 Å². The Labute approximate surface area is 195 Å². The van der Waals surface area contributed by atoms with Crippen molar-refractivity contribution in [2.45, 2.75) is 19.0 Å². The van der Waals surface area contributed by atoms with E-state index in [1.54, 1.807) is 36.7 Å². The number of para-hydroxylation sites is 2. The zero-order chi connectivity index (χ0) is 23.2. The second kappa shape index (κ2) is 10.2. The summed E-state index contributed by atoms with van der Waals surface area (Å²) in [5, 5.41) is 9.31. The van der Waals surface area contributed by atoms with Gasteiger partial charge >= 0.3 is 0 Å². The summed E-state index contributed by atoms with van der Waals surface area (Å²) in [7, 11) is 0. The maximum Gasteiger partial charge on any atom is 0.196 e. The number of benzene rings is 2. The van der Waals surface area contributed by atoms with E-state index in [0.29, 0.717) is 34.5 Å². The van der Waals surface area contributed by atoms with Gasteiger partial charge in [0.25, 0.3) is 0 Å². The summed E-state index contributed by atoms with van der Waals surface area (Å²) in [5.74, 6) is 1.25. The second-order valence-electron chi connectivity index (χ2n) is 7.13. The molecule has 0 aliphatic carbocycles. The third-order valence-electron chi connectivity index (χ3n) is 4.88. The summed E-state index contributed by atoms with van der Waals surface area (Å²) in [5.41, 5.74) is 2.57. The minimum atomic E-state index is -0.0985. The third-order valence-corrected chi connectivity index (χ3v) is 5.81. The molecule has 4 aromatic rings. The smallest absolute Gasteiger partial charge is 0.196 e. The summed E-state index contributed by atoms with van der Waals surface area (Å²) in [4.78, 5) is 28.7. The van der Waals surface area contributed by atoms with Gasteiger partial charge in [0.05, 0.1) is 18.0 Å². The van der Waals surface area contributed by atoms with Crippen LogP contribution in [0.5, 0.6) is 5.75 Å². The molecule has 4 rings (SSSR count). The van der Waals surface area contributed by atoms with Gasteiger partial charge in [0.1, 0.15) is 5.75 Å². The van der Waals surface area contributed by atoms with E-state index < -0.39 is 0 Å². The average Bonchev–Trinajstić information content (AvgIpc) is 3.27. The highest BCUT2D eigenvalue weighted by Gasteiger charge is 2.20. The molecule has 0 unspecified atom stereocenters. The Bertz CT molecular complexity index is 1290. The predicted octanol–water partition coefficient (Wildman–Crippen LogP) is 4.91. The fraction of sp³-hybridized carbons (Fsp3) is 0.160. The summed E-state index contributed by atoms with van der Waals surface area (Å²) >= 11 is 1.28. The molecule has 166 valence electrons. The molecule has 0 saturated heterocycles. The molecule has 0 aliphatic rings. The van der Waals surface area contributed by atoms with Gasteiger partial charge in [-0.3, -0.25) is 19.1 Å². The van der Waals surface area contributed by atoms with E-state index in [1.165, 1.54) is 18.7 Å². The molecule has 0 spiro atoms. The van der Waals surface area contributed by atoms with Crippen molar-refractivity contribution in [3.63, 3.8) is 0 Å². The van der Waals surface area contributed by atoms with Crippen LogP contribution in [0, 0.1) is 0 Å². The molecule has 8 heteroatoms. The van der Waals surface area contributed by atoms with Crippen molar-refractivity contribution in [2.75, 3.05) is 12.4 Å². The molecule has 0 N–H and O–H groups in total. The molecule has 2 heterocycles. The van der Waals surface area contributed by atoms with E-state index in [4.69, 9.17) is 4.74 Å². The van der Waals surface area contributed by atoms with Gasteiger partial charge in [0, 0.05) is 29.1 Å². The van der Waals surface area contributed by atoms with Crippen LogP contribution in [0.4, 0.5) is 0 Å². The maximum atomic E-state index is 12.9. The molecule has 0 radical (unpaired) electrons. The molecule has 0 amide bonds. The Morgan fingerprint density at radius 1 is 1.00 bits per heavy atom. The topological polar surface area (TPSA) is 87.0 Å². The lowest BCUT2D eigenvalue weighted by Gasteiger charge is -2.14. The monoisotopic (exact) mass is 458 g/mol. The molecule has 7 nitrogen and oxygen atoms in total. The molecule has 0 saturated carbocycles. The number of nitrogens with zero attached hydrogens (tertiary/aromatic N) is 4. The number of ketones is 2. The van der Waals surface area contributed by atoms with Gasteiger partial charge in [-0.25, -0.2) is 0 Å². The van der Waals surface area contributed by atoms with Gasteiger partial charge < -0.3 is 4.74 Å². The first-order valence-electron chi connectivity index (χ1n) is 10.4. The Kier molecular flexibility index (Phi) is 6.95. The quantitative estimate of drug-likeness (QED) is 0.260. The number of hydrogen-bond donors (Lipinski definition) is 0. The maximum absolute atomic E-state index is 12.9. The molecule has 0 bridgehead atoms. The summed E-state index contributed by atoms with van der Waals surface area (Å²) in [6.45, 7) is 3.92. The van der Waals surface area contributed by atoms with Crippen LogP contribution in [-0.2, 0) is 0 Å². The standard InChI is InChI=1S/C25H22N4O3S/c1-3-32-23-12-5-4-11-21(23)29-24(20-10-7-13-26-15-20)27-28-25(29)33-16-22(31)19-9-6-8-18(14-19)17(2)30/h4-15H,3,16H2,1-2H3. The van der Waals surface area contributed by atoms with Crippen molar-refractivity contribution in [1.82, 2.24) is 19.7 Å². The fourth-order valence-corrected chi connectivity index (χ4v) is 4.15. The summed E-state index contributed by atoms with van der Waals surface area (Å²) in [6, 6.07) is 18.1. The number of thioether (sulfide) groups is 1. The van der Waals surface area contributed by atoms with Gasteiger partial charge in [-0.1, -0.05) is 42.1 Å². The highest BCUT2D eigenvalue weighted by molar-refractivity contribution is 7.99. The number of Topliss-reactive ketones (excluding diaryl/α,β-unsaturated/α-hetero) is 2. The van der Waals surface area contributed by atoms with Crippen LogP contribution in [0.1, 0.15) is 34.6 Å². The predicted molar refractivity (Wildman–Crippen MR) is 127 cm³/mol. The number of ether oxygens (including phenoxy) is 1. The lowest BCUT2D eigenvalue weighted by atomic mass is 10.1. The van der Waals surface area contributed by atoms with Crippen LogP contribution in [0.15, 0.2) is 78.2 Å². The van der Waals surface area contributed by atoms with Crippen LogP contribution < -0.4 is 4.74 Å². The average molecular weight is 459 g/mol. The van der Waals surface area contributed by atoms with Gasteiger partial charge in [-0.05, 0) is 44.2 Å². The van der Waals surface area contributed by atoms with Crippen LogP contribution in [0.25, 0.3) is 17.1 Å². The van der Waals surface area contributed by atoms with Crippen molar-refractivity contribution in [1.29, 1.82) is 0 Å². The molecule has 0 atom stereocenters. The van der Waals surface area contributed by atoms with Crippen LogP contribution >= 0.6 is 11.8 Å². The third kappa shape index (κ3) is 5.01. The number of hydrogen-bond acceptors (Lipinski definition) is 7. The number of carbonyl (C=O) groups is 2. The number of carbonyl (C=O) groups excluding carboxylic acids is 2. The number of aromatic nitrogens is 4. The zero-order valence-electron chi connectivity index (χ0n) is 18.3. The molecule has 2 aromatic heterocycles. The Morgan fingerprint density at radius 3 is 2.58 bits per heavy atom. The molecule has 33 heavy (non-hydrogen) atoms. The van der Waals surface area contributed by atoms with E-state index in [0.717, 1.165) is 11.3 Å². The van der Waals surface area contributed by atoms with Gasteiger partial charge in [0.15, 0.2) is 22.5 Å². The molecule has 0 fully saturated rings. The lowest BCUT2D eigenvalue weighted by molar-refractivity contribution is 0.101. The van der Waals surface area contributed by atoms with Crippen LogP contribution in [0.2, 0.25) is 0 Å². The van der Waals surface area contributed by atoms with Crippen molar-refractivity contribution < 1.29 is 14.3 Å². The van der Waals surface area contributed by atoms with Gasteiger partial charge in [-0.15, -0.1) is 10.2 Å². The summed E-state index contributed by atoms with van der Waals surface area (Å²) in [6.07, 6.45) is 3.42. The van der Waals surface area contributed by atoms with Crippen molar-refractivity contribution in [3.8, 4) is 22.8 Å². The van der Waals surface area contributed by atoms with E-state index in [-0.39, 0.29) is 17.3 Å². The SMILES string of the molecule is CCOc1ccccc1-n1c(SCC(=O)c2cccc(C(C)=O)c2)nnc1-c1cccnc1. The zero-order valence-corrected chi connectivity index (χ0v) is 19.1. The van der Waals surface area contributed by atoms with Gasteiger partial charge in [-0.2, -0.15) is 0 Å². The Balaban J connectivity index is 1.69. The minimum Gasteiger partial charge on any atom is -0.492 e. The first-order valence-corrected chi connectivity index (χ1v) is 11.4. The van der Waals surface area contributed by atoms with E-state index >= 15 is 0 Å². The van der Waals surface area contributed by atoms with Crippen molar-refractivity contribution in [2.24, 2.45) is 0 Å². The van der Waals surface area contributed by atoms with Crippen molar-refractivity contribution in [3.05, 3.63) is 84.2 Å². The summed E-state index contributed by atoms with van der Waals surface area (Å²) < 4.78 is 7.72. The number of pyridine rings is 1. The highest BCUT2D eigenvalue weighted by Crippen LogP contribution is 2.32. The minimum absolute atomic E-state index is 0.0781. The molecule has 0 aliphatic heterocycles. The molecule has 2 aromatic carbocycles. The van der Waals surface area contributed by atoms with Crippen LogP contribution in [0.3, 0.4) is 0 Å². The lowest BCUT2D eigenvalue weighted by Crippen LogP contribution is -2.07. The molecular formula is C25H22N4O3S. The first-order chi connectivity index (χ1) is 16.1. The van der Waals surface area contributed by atoms with Crippen molar-refractivity contribution >= 4 is 23.3 Å². The normalized spacial score (nSPS) is 10.7. The Hall–Kier alpha value is -3.78. The second-order valence-corrected chi connectivity index (χ2v) is 8.08. The largest absolute Gasteiger partial charge is 0.492 e. The fourth-order valence-electron chi connectivity index (χ4n) is 3.31. The highest BCUT2D eigenvalue weighted by atomic mass is 32.2. The van der Waals surface area contributed by atoms with E-state index in [9.17, 15) is 9.59 Å². The molecular weight excluding hydrogens is 436 g/mol. The van der Waals surface area contributed by atoms with E-state index in [1.807, 2.05) is 47.9 Å². The van der Waals surface area contributed by atoms with Crippen LogP contribution in [-0.4, -0.2) is 43.7 Å². The Morgan fingerprint density at radius 2 is 1.82 bits per heavy atom.